The molecule has 0 bridgehead atoms. The zero-order valence-corrected chi connectivity index (χ0v) is 14.5. The molecule has 0 saturated carbocycles. The van der Waals surface area contributed by atoms with Crippen molar-refractivity contribution >= 4 is 6.09 Å². The van der Waals surface area contributed by atoms with Gasteiger partial charge in [0.15, 0.2) is 12.1 Å². The zero-order valence-electron chi connectivity index (χ0n) is 14.5. The minimum absolute atomic E-state index is 0.164. The van der Waals surface area contributed by atoms with Crippen molar-refractivity contribution in [3.8, 4) is 0 Å². The molecule has 4 rings (SSSR count). The van der Waals surface area contributed by atoms with E-state index in [2.05, 4.69) is 10.0 Å². The van der Waals surface area contributed by atoms with Crippen molar-refractivity contribution < 1.29 is 23.7 Å². The van der Waals surface area contributed by atoms with E-state index in [0.717, 1.165) is 5.56 Å². The zero-order chi connectivity index (χ0) is 18.3. The number of benzene rings is 1. The molecule has 0 unspecified atom stereocenters. The molecule has 0 radical (unpaired) electrons. The average Bonchev–Trinajstić information content (AvgIpc) is 3.21. The molecule has 5 atom stereocenters. The van der Waals surface area contributed by atoms with Gasteiger partial charge >= 0.3 is 6.09 Å². The predicted molar refractivity (Wildman–Crippen MR) is 88.8 cm³/mol. The Balaban J connectivity index is 1.51. The number of hydrogen-bond donors (Lipinski definition) is 0. The van der Waals surface area contributed by atoms with Crippen LogP contribution in [0.1, 0.15) is 19.4 Å². The summed E-state index contributed by atoms with van der Waals surface area (Å²) in [6, 6.07) is 8.51. The minimum atomic E-state index is -0.795. The van der Waals surface area contributed by atoms with Gasteiger partial charge in [0.2, 0.25) is 0 Å². The maximum absolute atomic E-state index is 12.7. The van der Waals surface area contributed by atoms with Crippen molar-refractivity contribution in [2.24, 2.45) is 5.11 Å². The Morgan fingerprint density at radius 3 is 2.85 bits per heavy atom. The number of carbonyl (C=O) groups excluding carboxylic acids is 1. The predicted octanol–water partition coefficient (Wildman–Crippen LogP) is 2.56. The highest BCUT2D eigenvalue weighted by atomic mass is 16.8. The maximum Gasteiger partial charge on any atom is 0.410 e. The number of amides is 1. The van der Waals surface area contributed by atoms with Crippen LogP contribution in [0.4, 0.5) is 4.79 Å². The van der Waals surface area contributed by atoms with Crippen LogP contribution in [0.15, 0.2) is 35.4 Å². The van der Waals surface area contributed by atoms with Gasteiger partial charge < -0.3 is 18.9 Å². The summed E-state index contributed by atoms with van der Waals surface area (Å²) in [6.07, 6.45) is -2.00. The number of nitrogens with zero attached hydrogens (tertiary/aromatic N) is 4. The number of ether oxygens (including phenoxy) is 4. The van der Waals surface area contributed by atoms with Crippen LogP contribution < -0.4 is 0 Å². The molecule has 0 N–H and O–H groups in total. The lowest BCUT2D eigenvalue weighted by atomic mass is 10.1. The van der Waals surface area contributed by atoms with Gasteiger partial charge in [-0.1, -0.05) is 35.4 Å². The largest absolute Gasteiger partial charge is 0.445 e. The summed E-state index contributed by atoms with van der Waals surface area (Å²) in [4.78, 5) is 17.1. The van der Waals surface area contributed by atoms with E-state index in [1.54, 1.807) is 13.8 Å². The quantitative estimate of drug-likeness (QED) is 0.468. The molecule has 1 aromatic rings. The van der Waals surface area contributed by atoms with Crippen LogP contribution in [0.2, 0.25) is 0 Å². The van der Waals surface area contributed by atoms with E-state index in [9.17, 15) is 4.79 Å². The summed E-state index contributed by atoms with van der Waals surface area (Å²) in [5.41, 5.74) is 9.71. The van der Waals surface area contributed by atoms with Crippen molar-refractivity contribution in [2.45, 2.75) is 56.8 Å². The summed E-state index contributed by atoms with van der Waals surface area (Å²) in [7, 11) is 0. The molecule has 9 nitrogen and oxygen atoms in total. The molecule has 3 aliphatic heterocycles. The van der Waals surface area contributed by atoms with Crippen LogP contribution in [0, 0.1) is 0 Å². The Hall–Kier alpha value is -2.32. The molecule has 3 heterocycles. The number of rotatable bonds is 3. The molecular formula is C17H20N4O5. The van der Waals surface area contributed by atoms with E-state index >= 15 is 0 Å². The lowest BCUT2D eigenvalue weighted by molar-refractivity contribution is -0.207. The first-order chi connectivity index (χ1) is 12.5. The van der Waals surface area contributed by atoms with Gasteiger partial charge in [-0.05, 0) is 24.9 Å². The maximum atomic E-state index is 12.7. The second-order valence-corrected chi connectivity index (χ2v) is 7.02. The van der Waals surface area contributed by atoms with Gasteiger partial charge in [0.25, 0.3) is 0 Å². The number of likely N-dealkylation sites (tertiary alicyclic amines) is 1. The van der Waals surface area contributed by atoms with Crippen molar-refractivity contribution in [1.82, 2.24) is 4.90 Å². The lowest BCUT2D eigenvalue weighted by Gasteiger charge is -2.27. The topological polar surface area (TPSA) is 106 Å². The monoisotopic (exact) mass is 360 g/mol. The van der Waals surface area contributed by atoms with Crippen molar-refractivity contribution in [3.63, 3.8) is 0 Å². The second kappa shape index (κ2) is 6.44. The summed E-state index contributed by atoms with van der Waals surface area (Å²) in [5.74, 6) is -0.795. The van der Waals surface area contributed by atoms with Crippen LogP contribution in [-0.4, -0.2) is 53.9 Å². The molecule has 3 fully saturated rings. The van der Waals surface area contributed by atoms with Gasteiger partial charge in [-0.25, -0.2) is 4.79 Å². The molecule has 1 aromatic carbocycles. The average molecular weight is 360 g/mol. The molecular weight excluding hydrogens is 340 g/mol. The molecule has 9 heteroatoms. The van der Waals surface area contributed by atoms with Crippen LogP contribution >= 0.6 is 0 Å². The van der Waals surface area contributed by atoms with Gasteiger partial charge in [-0.3, -0.25) is 4.90 Å². The van der Waals surface area contributed by atoms with E-state index in [0.29, 0.717) is 0 Å². The lowest BCUT2D eigenvalue weighted by Crippen LogP contribution is -2.46. The van der Waals surface area contributed by atoms with E-state index in [1.807, 2.05) is 30.3 Å². The van der Waals surface area contributed by atoms with Crippen molar-refractivity contribution in [1.29, 1.82) is 0 Å². The Bertz CT molecular complexity index is 736. The Morgan fingerprint density at radius 1 is 1.35 bits per heavy atom. The van der Waals surface area contributed by atoms with Gasteiger partial charge in [0.05, 0.1) is 18.2 Å². The fourth-order valence-electron chi connectivity index (χ4n) is 3.78. The molecule has 3 saturated heterocycles. The fraction of sp³-hybridized carbons (Fsp3) is 0.588. The Morgan fingerprint density at radius 2 is 2.12 bits per heavy atom. The molecule has 3 aliphatic rings. The first-order valence-corrected chi connectivity index (χ1v) is 8.51. The SMILES string of the molecule is CC1(C)O[C@H]2O[C@H]3[C@@H]([C@H]2O1)N(C(=O)OCc1ccccc1)C[C@@H]3N=[N+]=[N-]. The highest BCUT2D eigenvalue weighted by molar-refractivity contribution is 5.69. The van der Waals surface area contributed by atoms with Crippen LogP contribution in [0.25, 0.3) is 10.4 Å². The summed E-state index contributed by atoms with van der Waals surface area (Å²) < 4.78 is 23.0. The van der Waals surface area contributed by atoms with Crippen LogP contribution in [0.5, 0.6) is 0 Å². The molecule has 0 aromatic heterocycles. The molecule has 26 heavy (non-hydrogen) atoms. The first-order valence-electron chi connectivity index (χ1n) is 8.51. The van der Waals surface area contributed by atoms with E-state index in [-0.39, 0.29) is 13.2 Å². The first kappa shape index (κ1) is 17.1. The van der Waals surface area contributed by atoms with E-state index in [1.165, 1.54) is 4.90 Å². The van der Waals surface area contributed by atoms with Gasteiger partial charge in [-0.15, -0.1) is 0 Å². The third-order valence-electron chi connectivity index (χ3n) is 4.82. The Kier molecular flexibility index (Phi) is 4.24. The normalized spacial score (nSPS) is 34.1. The van der Waals surface area contributed by atoms with E-state index < -0.39 is 42.5 Å². The van der Waals surface area contributed by atoms with Crippen molar-refractivity contribution in [2.75, 3.05) is 6.54 Å². The highest BCUT2D eigenvalue weighted by Gasteiger charge is 2.62. The molecule has 1 amide bonds. The second-order valence-electron chi connectivity index (χ2n) is 7.02. The van der Waals surface area contributed by atoms with Gasteiger partial charge in [0, 0.05) is 11.5 Å². The van der Waals surface area contributed by atoms with Crippen LogP contribution in [-0.2, 0) is 25.6 Å². The third-order valence-corrected chi connectivity index (χ3v) is 4.82. The Labute approximate surface area is 150 Å². The molecule has 0 spiro atoms. The van der Waals surface area contributed by atoms with Crippen LogP contribution in [0.3, 0.4) is 0 Å². The third kappa shape index (κ3) is 2.99. The standard InChI is InChI=1S/C17H20N4O5/c1-17(2)25-14-12-13(24-15(14)26-17)11(19-20-18)8-21(12)16(22)23-9-10-6-4-3-5-7-10/h3-7,11-15H,8-9H2,1-2H3/t11-,12-,13+,14+,15+/m0/s1. The highest BCUT2D eigenvalue weighted by Crippen LogP contribution is 2.44. The minimum Gasteiger partial charge on any atom is -0.445 e. The van der Waals surface area contributed by atoms with Crippen molar-refractivity contribution in [3.05, 3.63) is 46.3 Å². The summed E-state index contributed by atoms with van der Waals surface area (Å²) in [5, 5.41) is 3.78. The summed E-state index contributed by atoms with van der Waals surface area (Å²) in [6.45, 7) is 3.97. The smallest absolute Gasteiger partial charge is 0.410 e. The van der Waals surface area contributed by atoms with Gasteiger partial charge in [-0.2, -0.15) is 0 Å². The molecule has 0 aliphatic carbocycles. The number of hydrogen-bond acceptors (Lipinski definition) is 6. The summed E-state index contributed by atoms with van der Waals surface area (Å²) >= 11 is 0. The fourth-order valence-corrected chi connectivity index (χ4v) is 3.78. The number of fused-ring (bicyclic) bond motifs is 3. The van der Waals surface area contributed by atoms with Gasteiger partial charge in [0.1, 0.15) is 12.7 Å². The van der Waals surface area contributed by atoms with E-state index in [4.69, 9.17) is 24.5 Å². The number of carbonyl (C=O) groups is 1. The molecule has 138 valence electrons. The number of azide groups is 1.